The Labute approximate surface area is 315 Å². The van der Waals surface area contributed by atoms with Gasteiger partial charge in [0.2, 0.25) is 0 Å². The highest BCUT2D eigenvalue weighted by atomic mass is 15.1. The van der Waals surface area contributed by atoms with Gasteiger partial charge in [0.15, 0.2) is 0 Å². The van der Waals surface area contributed by atoms with Crippen molar-refractivity contribution in [3.05, 3.63) is 218 Å². The Kier molecular flexibility index (Phi) is 7.85. The molecule has 0 aliphatic carbocycles. The molecule has 0 amide bonds. The molecule has 0 saturated carbocycles. The maximum Gasteiger partial charge on any atom is 0.0547 e. The number of aromatic nitrogens is 1. The Morgan fingerprint density at radius 1 is 0.333 bits per heavy atom. The first-order chi connectivity index (χ1) is 26.8. The van der Waals surface area contributed by atoms with E-state index in [-0.39, 0.29) is 0 Å². The molecule has 0 N–H and O–H groups in total. The van der Waals surface area contributed by atoms with E-state index < -0.39 is 0 Å². The fraction of sp³-hybridized carbons (Fsp3) is 0. The predicted molar refractivity (Wildman–Crippen MR) is 229 cm³/mol. The fourth-order valence-electron chi connectivity index (χ4n) is 8.21. The van der Waals surface area contributed by atoms with E-state index in [9.17, 15) is 0 Å². The Morgan fingerprint density at radius 2 is 0.852 bits per heavy atom. The number of rotatable bonds is 7. The van der Waals surface area contributed by atoms with E-state index in [1.54, 1.807) is 0 Å². The second kappa shape index (κ2) is 13.4. The van der Waals surface area contributed by atoms with Crippen LogP contribution in [-0.4, -0.2) is 4.57 Å². The standard InChI is InChI=1S/C52H36N2/c1-4-18-37(19-5-1)43-27-12-14-31-47(43)54(48-32-15-13-28-44(48)38-20-6-2-7-21-38)42-26-16-23-40(36-42)46-30-17-33-49-52(46)51-45-29-11-10-22-39(45)34-35-50(51)53(49)41-24-8-3-9-25-41/h1-36H. The summed E-state index contributed by atoms with van der Waals surface area (Å²) >= 11 is 0. The number of fused-ring (bicyclic) bond motifs is 5. The molecule has 2 heteroatoms. The summed E-state index contributed by atoms with van der Waals surface area (Å²) in [6.45, 7) is 0. The van der Waals surface area contributed by atoms with Gasteiger partial charge in [-0.05, 0) is 81.6 Å². The SMILES string of the molecule is c1ccc(-c2ccccc2N(c2cccc(-c3cccc4c3c3c5ccccc5ccc3n4-c3ccccc3)c2)c2ccccc2-c2ccccc2)cc1. The minimum atomic E-state index is 1.09. The zero-order chi connectivity index (χ0) is 35.8. The molecule has 254 valence electrons. The number of anilines is 3. The van der Waals surface area contributed by atoms with Crippen LogP contribution < -0.4 is 4.90 Å². The normalized spacial score (nSPS) is 11.3. The lowest BCUT2D eigenvalue weighted by molar-refractivity contribution is 1.18. The minimum Gasteiger partial charge on any atom is -0.309 e. The van der Waals surface area contributed by atoms with Gasteiger partial charge < -0.3 is 9.47 Å². The number of hydrogen-bond donors (Lipinski definition) is 0. The number of benzene rings is 9. The van der Waals surface area contributed by atoms with Crippen LogP contribution in [-0.2, 0) is 0 Å². The average molecular weight is 689 g/mol. The second-order valence-electron chi connectivity index (χ2n) is 13.7. The van der Waals surface area contributed by atoms with Crippen LogP contribution >= 0.6 is 0 Å². The van der Waals surface area contributed by atoms with E-state index >= 15 is 0 Å². The van der Waals surface area contributed by atoms with E-state index in [0.29, 0.717) is 0 Å². The van der Waals surface area contributed by atoms with Gasteiger partial charge in [0.25, 0.3) is 0 Å². The Balaban J connectivity index is 1.25. The van der Waals surface area contributed by atoms with Crippen molar-refractivity contribution in [2.75, 3.05) is 4.90 Å². The van der Waals surface area contributed by atoms with Gasteiger partial charge in [-0.15, -0.1) is 0 Å². The zero-order valence-corrected chi connectivity index (χ0v) is 29.7. The molecule has 0 aliphatic rings. The van der Waals surface area contributed by atoms with Crippen LogP contribution in [0.5, 0.6) is 0 Å². The molecule has 10 rings (SSSR count). The van der Waals surface area contributed by atoms with Gasteiger partial charge >= 0.3 is 0 Å². The van der Waals surface area contributed by atoms with Crippen LogP contribution in [0.25, 0.3) is 71.6 Å². The summed E-state index contributed by atoms with van der Waals surface area (Å²) in [7, 11) is 0. The first kappa shape index (κ1) is 31.6. The van der Waals surface area contributed by atoms with Crippen LogP contribution in [0.1, 0.15) is 0 Å². The van der Waals surface area contributed by atoms with Crippen LogP contribution in [0.15, 0.2) is 218 Å². The Bertz CT molecular complexity index is 2840. The Morgan fingerprint density at radius 3 is 1.54 bits per heavy atom. The molecule has 1 aromatic heterocycles. The first-order valence-corrected chi connectivity index (χ1v) is 18.5. The van der Waals surface area contributed by atoms with Gasteiger partial charge in [-0.3, -0.25) is 0 Å². The quantitative estimate of drug-likeness (QED) is 0.162. The summed E-state index contributed by atoms with van der Waals surface area (Å²) in [4.78, 5) is 2.44. The van der Waals surface area contributed by atoms with Gasteiger partial charge in [-0.25, -0.2) is 0 Å². The second-order valence-corrected chi connectivity index (χ2v) is 13.7. The van der Waals surface area contributed by atoms with Gasteiger partial charge in [0.05, 0.1) is 22.4 Å². The van der Waals surface area contributed by atoms with E-state index in [1.165, 1.54) is 60.4 Å². The van der Waals surface area contributed by atoms with E-state index in [2.05, 4.69) is 228 Å². The number of para-hydroxylation sites is 3. The lowest BCUT2D eigenvalue weighted by Gasteiger charge is -2.30. The fourth-order valence-corrected chi connectivity index (χ4v) is 8.21. The van der Waals surface area contributed by atoms with Crippen LogP contribution in [0.4, 0.5) is 17.1 Å². The molecular formula is C52H36N2. The monoisotopic (exact) mass is 688 g/mol. The number of hydrogen-bond acceptors (Lipinski definition) is 1. The predicted octanol–water partition coefficient (Wildman–Crippen LogP) is 14.4. The third kappa shape index (κ3) is 5.36. The van der Waals surface area contributed by atoms with Gasteiger partial charge in [0.1, 0.15) is 0 Å². The third-order valence-corrected chi connectivity index (χ3v) is 10.6. The van der Waals surface area contributed by atoms with Crippen molar-refractivity contribution < 1.29 is 0 Å². The molecule has 10 aromatic rings. The molecule has 0 spiro atoms. The van der Waals surface area contributed by atoms with Crippen LogP contribution in [0, 0.1) is 0 Å². The molecule has 1 heterocycles. The van der Waals surface area contributed by atoms with E-state index in [4.69, 9.17) is 0 Å². The molecule has 0 saturated heterocycles. The lowest BCUT2D eigenvalue weighted by Crippen LogP contribution is -2.12. The molecule has 0 fully saturated rings. The highest BCUT2D eigenvalue weighted by molar-refractivity contribution is 6.25. The maximum absolute atomic E-state index is 2.44. The van der Waals surface area contributed by atoms with Gasteiger partial charge in [0, 0.05) is 33.3 Å². The molecule has 0 atom stereocenters. The molecular weight excluding hydrogens is 653 g/mol. The van der Waals surface area contributed by atoms with Crippen molar-refractivity contribution in [2.45, 2.75) is 0 Å². The van der Waals surface area contributed by atoms with E-state index in [0.717, 1.165) is 28.3 Å². The van der Waals surface area contributed by atoms with Crippen molar-refractivity contribution in [1.82, 2.24) is 4.57 Å². The molecule has 0 unspecified atom stereocenters. The van der Waals surface area contributed by atoms with Gasteiger partial charge in [-0.2, -0.15) is 0 Å². The van der Waals surface area contributed by atoms with Crippen LogP contribution in [0.3, 0.4) is 0 Å². The van der Waals surface area contributed by atoms with E-state index in [1.807, 2.05) is 0 Å². The summed E-state index contributed by atoms with van der Waals surface area (Å²) in [5, 5.41) is 5.02. The van der Waals surface area contributed by atoms with Crippen molar-refractivity contribution in [3.63, 3.8) is 0 Å². The summed E-state index contributed by atoms with van der Waals surface area (Å²) in [6, 6.07) is 78.8. The van der Waals surface area contributed by atoms with Crippen molar-refractivity contribution in [2.24, 2.45) is 0 Å². The summed E-state index contributed by atoms with van der Waals surface area (Å²) in [6.07, 6.45) is 0. The molecule has 54 heavy (non-hydrogen) atoms. The maximum atomic E-state index is 2.44. The van der Waals surface area contributed by atoms with Gasteiger partial charge in [-0.1, -0.05) is 170 Å². The summed E-state index contributed by atoms with van der Waals surface area (Å²) in [5.74, 6) is 0. The highest BCUT2D eigenvalue weighted by Crippen LogP contribution is 2.47. The minimum absolute atomic E-state index is 1.09. The Hall–Kier alpha value is -7.16. The average Bonchev–Trinajstić information content (AvgIpc) is 3.60. The number of nitrogens with zero attached hydrogens (tertiary/aromatic N) is 2. The molecule has 9 aromatic carbocycles. The van der Waals surface area contributed by atoms with Crippen molar-refractivity contribution >= 4 is 49.6 Å². The molecule has 0 aliphatic heterocycles. The first-order valence-electron chi connectivity index (χ1n) is 18.5. The molecule has 0 bridgehead atoms. The molecule has 0 radical (unpaired) electrons. The van der Waals surface area contributed by atoms with Crippen molar-refractivity contribution in [3.8, 4) is 39.1 Å². The summed E-state index contributed by atoms with van der Waals surface area (Å²) in [5.41, 5.74) is 13.9. The lowest BCUT2D eigenvalue weighted by atomic mass is 9.95. The topological polar surface area (TPSA) is 8.17 Å². The smallest absolute Gasteiger partial charge is 0.0547 e. The van der Waals surface area contributed by atoms with Crippen LogP contribution in [0.2, 0.25) is 0 Å². The third-order valence-electron chi connectivity index (χ3n) is 10.6. The molecule has 2 nitrogen and oxygen atoms in total. The zero-order valence-electron chi connectivity index (χ0n) is 29.7. The van der Waals surface area contributed by atoms with Crippen molar-refractivity contribution in [1.29, 1.82) is 0 Å². The largest absolute Gasteiger partial charge is 0.309 e. The highest BCUT2D eigenvalue weighted by Gasteiger charge is 2.22. The summed E-state index contributed by atoms with van der Waals surface area (Å²) < 4.78 is 2.42.